The molecule has 0 spiro atoms. The van der Waals surface area contributed by atoms with Gasteiger partial charge in [0.25, 0.3) is 0 Å². The number of nitrogens with zero attached hydrogens (tertiary/aromatic N) is 3. The molecule has 0 saturated carbocycles. The predicted molar refractivity (Wildman–Crippen MR) is 84.9 cm³/mol. The zero-order valence-corrected chi connectivity index (χ0v) is 12.2. The quantitative estimate of drug-likeness (QED) is 0.792. The number of rotatable bonds is 4. The van der Waals surface area contributed by atoms with Gasteiger partial charge in [-0.25, -0.2) is 0 Å². The molecule has 1 N–H and O–H groups in total. The van der Waals surface area contributed by atoms with Crippen molar-refractivity contribution in [1.82, 2.24) is 14.8 Å². The summed E-state index contributed by atoms with van der Waals surface area (Å²) < 4.78 is 1.92. The molecule has 0 saturated heterocycles. The van der Waals surface area contributed by atoms with Crippen molar-refractivity contribution in [2.45, 2.75) is 13.0 Å². The average molecular weight is 278 g/mol. The molecule has 3 rings (SSSR count). The lowest BCUT2D eigenvalue weighted by Gasteiger charge is -2.18. The molecular formula is C17H18N4. The Hall–Kier alpha value is -2.62. The number of hydrogen-bond acceptors (Lipinski definition) is 3. The van der Waals surface area contributed by atoms with Gasteiger partial charge >= 0.3 is 0 Å². The molecule has 4 nitrogen and oxygen atoms in total. The first-order chi connectivity index (χ1) is 10.3. The Morgan fingerprint density at radius 2 is 1.71 bits per heavy atom. The summed E-state index contributed by atoms with van der Waals surface area (Å²) in [6.45, 7) is 2.16. The van der Waals surface area contributed by atoms with E-state index < -0.39 is 0 Å². The molecule has 0 aliphatic heterocycles. The summed E-state index contributed by atoms with van der Waals surface area (Å²) in [5.41, 5.74) is 3.37. The lowest BCUT2D eigenvalue weighted by Crippen LogP contribution is -2.08. The molecule has 1 aromatic heterocycles. The molecule has 0 aliphatic carbocycles. The number of benzene rings is 2. The summed E-state index contributed by atoms with van der Waals surface area (Å²) in [7, 11) is 1.95. The summed E-state index contributed by atoms with van der Waals surface area (Å²) >= 11 is 0. The lowest BCUT2D eigenvalue weighted by atomic mass is 10.1. The topological polar surface area (TPSA) is 42.7 Å². The molecule has 1 unspecified atom stereocenters. The molecule has 1 atom stereocenters. The van der Waals surface area contributed by atoms with Gasteiger partial charge in [0.2, 0.25) is 0 Å². The van der Waals surface area contributed by atoms with Crippen molar-refractivity contribution in [2.24, 2.45) is 7.05 Å². The van der Waals surface area contributed by atoms with Crippen LogP contribution in [0.5, 0.6) is 0 Å². The average Bonchev–Trinajstić information content (AvgIpc) is 2.95. The van der Waals surface area contributed by atoms with Gasteiger partial charge in [-0.3, -0.25) is 0 Å². The predicted octanol–water partition coefficient (Wildman–Crippen LogP) is 3.66. The molecule has 106 valence electrons. The fourth-order valence-corrected chi connectivity index (χ4v) is 2.39. The second-order valence-corrected chi connectivity index (χ2v) is 5.09. The SMILES string of the molecule is CC(Nc1ccccc1-c1nncn1C)c1ccccc1. The Morgan fingerprint density at radius 3 is 2.43 bits per heavy atom. The highest BCUT2D eigenvalue weighted by Gasteiger charge is 2.12. The largest absolute Gasteiger partial charge is 0.378 e. The van der Waals surface area contributed by atoms with E-state index in [-0.39, 0.29) is 6.04 Å². The third-order valence-electron chi connectivity index (χ3n) is 3.55. The minimum Gasteiger partial charge on any atom is -0.378 e. The van der Waals surface area contributed by atoms with E-state index in [2.05, 4.69) is 58.8 Å². The summed E-state index contributed by atoms with van der Waals surface area (Å²) in [5.74, 6) is 0.860. The normalized spacial score (nSPS) is 12.1. The van der Waals surface area contributed by atoms with Crippen LogP contribution in [0.3, 0.4) is 0 Å². The van der Waals surface area contributed by atoms with Gasteiger partial charge in [0.1, 0.15) is 6.33 Å². The van der Waals surface area contributed by atoms with Crippen LogP contribution in [-0.2, 0) is 7.05 Å². The first-order valence-corrected chi connectivity index (χ1v) is 7.00. The van der Waals surface area contributed by atoms with Crippen LogP contribution in [0.15, 0.2) is 60.9 Å². The van der Waals surface area contributed by atoms with Crippen molar-refractivity contribution in [3.8, 4) is 11.4 Å². The maximum Gasteiger partial charge on any atom is 0.165 e. The van der Waals surface area contributed by atoms with Crippen LogP contribution >= 0.6 is 0 Å². The molecule has 2 aromatic carbocycles. The van der Waals surface area contributed by atoms with Crippen LogP contribution in [0.25, 0.3) is 11.4 Å². The van der Waals surface area contributed by atoms with E-state index in [1.165, 1.54) is 5.56 Å². The Morgan fingerprint density at radius 1 is 1.00 bits per heavy atom. The molecule has 0 fully saturated rings. The van der Waals surface area contributed by atoms with Crippen molar-refractivity contribution < 1.29 is 0 Å². The summed E-state index contributed by atoms with van der Waals surface area (Å²) in [4.78, 5) is 0. The van der Waals surface area contributed by atoms with Crippen molar-refractivity contribution in [1.29, 1.82) is 0 Å². The lowest BCUT2D eigenvalue weighted by molar-refractivity contribution is 0.881. The number of aryl methyl sites for hydroxylation is 1. The number of nitrogens with one attached hydrogen (secondary N) is 1. The number of hydrogen-bond donors (Lipinski definition) is 1. The molecule has 4 heteroatoms. The Bertz CT molecular complexity index is 718. The number of aromatic nitrogens is 3. The van der Waals surface area contributed by atoms with Crippen LogP contribution in [0.4, 0.5) is 5.69 Å². The Kier molecular flexibility index (Phi) is 3.69. The molecule has 1 heterocycles. The van der Waals surface area contributed by atoms with E-state index >= 15 is 0 Å². The van der Waals surface area contributed by atoms with Crippen LogP contribution in [0.1, 0.15) is 18.5 Å². The van der Waals surface area contributed by atoms with E-state index in [0.29, 0.717) is 0 Å². The van der Waals surface area contributed by atoms with Crippen molar-refractivity contribution in [3.63, 3.8) is 0 Å². The zero-order chi connectivity index (χ0) is 14.7. The van der Waals surface area contributed by atoms with E-state index in [9.17, 15) is 0 Å². The Labute approximate surface area is 124 Å². The van der Waals surface area contributed by atoms with Gasteiger partial charge in [-0.2, -0.15) is 0 Å². The van der Waals surface area contributed by atoms with Crippen molar-refractivity contribution >= 4 is 5.69 Å². The van der Waals surface area contributed by atoms with Gasteiger partial charge in [0, 0.05) is 24.3 Å². The highest BCUT2D eigenvalue weighted by Crippen LogP contribution is 2.28. The molecular weight excluding hydrogens is 260 g/mol. The van der Waals surface area contributed by atoms with Crippen LogP contribution in [0, 0.1) is 0 Å². The first-order valence-electron chi connectivity index (χ1n) is 7.00. The second kappa shape index (κ2) is 5.79. The molecule has 0 bridgehead atoms. The van der Waals surface area contributed by atoms with Gasteiger partial charge in [-0.05, 0) is 24.6 Å². The van der Waals surface area contributed by atoms with Crippen molar-refractivity contribution in [3.05, 3.63) is 66.5 Å². The minimum absolute atomic E-state index is 0.223. The van der Waals surface area contributed by atoms with E-state index in [1.807, 2.05) is 29.8 Å². The highest BCUT2D eigenvalue weighted by molar-refractivity contribution is 5.73. The maximum atomic E-state index is 4.20. The summed E-state index contributed by atoms with van der Waals surface area (Å²) in [5, 5.41) is 11.7. The molecule has 0 amide bonds. The van der Waals surface area contributed by atoms with Crippen LogP contribution in [-0.4, -0.2) is 14.8 Å². The third kappa shape index (κ3) is 2.79. The molecule has 21 heavy (non-hydrogen) atoms. The number of para-hydroxylation sites is 1. The summed E-state index contributed by atoms with van der Waals surface area (Å²) in [6.07, 6.45) is 1.72. The second-order valence-electron chi connectivity index (χ2n) is 5.09. The van der Waals surface area contributed by atoms with Gasteiger partial charge < -0.3 is 9.88 Å². The zero-order valence-electron chi connectivity index (χ0n) is 12.2. The van der Waals surface area contributed by atoms with E-state index in [4.69, 9.17) is 0 Å². The van der Waals surface area contributed by atoms with E-state index in [1.54, 1.807) is 6.33 Å². The van der Waals surface area contributed by atoms with Gasteiger partial charge in [0.15, 0.2) is 5.82 Å². The summed E-state index contributed by atoms with van der Waals surface area (Å²) in [6, 6.07) is 18.8. The highest BCUT2D eigenvalue weighted by atomic mass is 15.2. The third-order valence-corrected chi connectivity index (χ3v) is 3.55. The van der Waals surface area contributed by atoms with Crippen LogP contribution in [0.2, 0.25) is 0 Å². The van der Waals surface area contributed by atoms with E-state index in [0.717, 1.165) is 17.1 Å². The molecule has 3 aromatic rings. The fourth-order valence-electron chi connectivity index (χ4n) is 2.39. The fraction of sp³-hybridized carbons (Fsp3) is 0.176. The molecule has 0 radical (unpaired) electrons. The number of anilines is 1. The monoisotopic (exact) mass is 278 g/mol. The smallest absolute Gasteiger partial charge is 0.165 e. The maximum absolute atomic E-state index is 4.20. The Balaban J connectivity index is 1.92. The van der Waals surface area contributed by atoms with Crippen molar-refractivity contribution in [2.75, 3.05) is 5.32 Å². The van der Waals surface area contributed by atoms with Gasteiger partial charge in [-0.15, -0.1) is 10.2 Å². The van der Waals surface area contributed by atoms with Gasteiger partial charge in [-0.1, -0.05) is 42.5 Å². The van der Waals surface area contributed by atoms with Crippen LogP contribution < -0.4 is 5.32 Å². The minimum atomic E-state index is 0.223. The van der Waals surface area contributed by atoms with Gasteiger partial charge in [0.05, 0.1) is 0 Å². The standard InChI is InChI=1S/C17H18N4/c1-13(14-8-4-3-5-9-14)19-16-11-7-6-10-15(16)17-20-18-12-21(17)2/h3-13,19H,1-2H3. The molecule has 0 aliphatic rings. The first kappa shape index (κ1) is 13.4.